The van der Waals surface area contributed by atoms with E-state index in [1.165, 1.54) is 31.5 Å². The van der Waals surface area contributed by atoms with Crippen molar-refractivity contribution in [3.63, 3.8) is 0 Å². The molecule has 1 unspecified atom stereocenters. The van der Waals surface area contributed by atoms with Crippen LogP contribution in [0.2, 0.25) is 0 Å². The Bertz CT molecular complexity index is 1040. The molecule has 9 heteroatoms. The minimum atomic E-state index is -3.95. The Morgan fingerprint density at radius 2 is 1.96 bits per heavy atom. The van der Waals surface area contributed by atoms with Crippen LogP contribution in [0, 0.1) is 12.7 Å². The van der Waals surface area contributed by atoms with Crippen molar-refractivity contribution in [1.82, 2.24) is 9.19 Å². The highest BCUT2D eigenvalue weighted by atomic mass is 32.2. The number of nitrogens with zero attached hydrogens (tertiary/aromatic N) is 2. The molecule has 2 aromatic carbocycles. The Labute approximate surface area is 156 Å². The molecule has 3 rings (SSSR count). The zero-order chi connectivity index (χ0) is 19.6. The standard InChI is InChI=1S/C18H19FN2O5S/c1-12-3-5-15(6-4-12)27(23,24)21-17-8-18(26-11-14(10-22)25-2)16(19)7-13(17)9-20-21/h3-9,14,22H,10-11H2,1-2H3. The number of fused-ring (bicyclic) bond motifs is 1. The second-order valence-electron chi connectivity index (χ2n) is 6.00. The second-order valence-corrected chi connectivity index (χ2v) is 7.77. The van der Waals surface area contributed by atoms with Gasteiger partial charge in [-0.3, -0.25) is 0 Å². The van der Waals surface area contributed by atoms with Crippen LogP contribution in [0.25, 0.3) is 10.9 Å². The van der Waals surface area contributed by atoms with Crippen molar-refractivity contribution < 1.29 is 27.4 Å². The molecule has 1 N–H and O–H groups in total. The molecule has 0 aliphatic carbocycles. The fourth-order valence-corrected chi connectivity index (χ4v) is 3.76. The summed E-state index contributed by atoms with van der Waals surface area (Å²) in [5.74, 6) is -0.818. The molecule has 0 radical (unpaired) electrons. The van der Waals surface area contributed by atoms with Gasteiger partial charge in [0.15, 0.2) is 11.6 Å². The van der Waals surface area contributed by atoms with Gasteiger partial charge in [-0.1, -0.05) is 17.7 Å². The van der Waals surface area contributed by atoms with Gasteiger partial charge in [0, 0.05) is 18.6 Å². The van der Waals surface area contributed by atoms with Crippen LogP contribution in [0.1, 0.15) is 5.56 Å². The second kappa shape index (κ2) is 7.63. The van der Waals surface area contributed by atoms with Crippen LogP contribution in [-0.4, -0.2) is 49.1 Å². The quantitative estimate of drug-likeness (QED) is 0.660. The van der Waals surface area contributed by atoms with E-state index >= 15 is 0 Å². The number of benzene rings is 2. The van der Waals surface area contributed by atoms with Crippen molar-refractivity contribution in [3.8, 4) is 5.75 Å². The van der Waals surface area contributed by atoms with E-state index in [9.17, 15) is 12.8 Å². The third-order valence-corrected chi connectivity index (χ3v) is 5.71. The summed E-state index contributed by atoms with van der Waals surface area (Å²) in [5, 5.41) is 13.4. The van der Waals surface area contributed by atoms with Crippen LogP contribution in [0.5, 0.6) is 5.75 Å². The highest BCUT2D eigenvalue weighted by molar-refractivity contribution is 7.90. The van der Waals surface area contributed by atoms with Gasteiger partial charge in [-0.2, -0.15) is 17.6 Å². The predicted octanol–water partition coefficient (Wildman–Crippen LogP) is 2.11. The van der Waals surface area contributed by atoms with Gasteiger partial charge in [0.1, 0.15) is 12.7 Å². The van der Waals surface area contributed by atoms with E-state index in [-0.39, 0.29) is 29.4 Å². The molecule has 0 spiro atoms. The molecule has 0 bridgehead atoms. The average molecular weight is 394 g/mol. The van der Waals surface area contributed by atoms with E-state index in [1.54, 1.807) is 12.1 Å². The summed E-state index contributed by atoms with van der Waals surface area (Å²) in [6.07, 6.45) is 0.654. The van der Waals surface area contributed by atoms with Crippen molar-refractivity contribution in [3.05, 3.63) is 54.0 Å². The molecule has 144 valence electrons. The summed E-state index contributed by atoms with van der Waals surface area (Å²) in [7, 11) is -2.55. The van der Waals surface area contributed by atoms with Crippen LogP contribution in [0.4, 0.5) is 4.39 Å². The number of aliphatic hydroxyl groups excluding tert-OH is 1. The Hall–Kier alpha value is -2.49. The number of hydrogen-bond acceptors (Lipinski definition) is 6. The number of halogens is 1. The van der Waals surface area contributed by atoms with Crippen molar-refractivity contribution in [2.24, 2.45) is 0 Å². The van der Waals surface area contributed by atoms with Gasteiger partial charge in [0.05, 0.1) is 23.2 Å². The van der Waals surface area contributed by atoms with Crippen molar-refractivity contribution in [1.29, 1.82) is 0 Å². The van der Waals surface area contributed by atoms with Gasteiger partial charge in [-0.05, 0) is 25.1 Å². The molecule has 1 atom stereocenters. The molecule has 0 aliphatic rings. The minimum absolute atomic E-state index is 0.0737. The number of hydrogen-bond donors (Lipinski definition) is 1. The predicted molar refractivity (Wildman–Crippen MR) is 96.8 cm³/mol. The molecule has 0 saturated carbocycles. The Morgan fingerprint density at radius 3 is 2.59 bits per heavy atom. The summed E-state index contributed by atoms with van der Waals surface area (Å²) < 4.78 is 51.2. The minimum Gasteiger partial charge on any atom is -0.488 e. The van der Waals surface area contributed by atoms with Gasteiger partial charge < -0.3 is 14.6 Å². The SMILES string of the molecule is COC(CO)COc1cc2c(cnn2S(=O)(=O)c2ccc(C)cc2)cc1F. The van der Waals surface area contributed by atoms with Gasteiger partial charge in [0.25, 0.3) is 10.0 Å². The molecule has 1 aromatic heterocycles. The molecule has 0 aliphatic heterocycles. The van der Waals surface area contributed by atoms with E-state index in [2.05, 4.69) is 5.10 Å². The number of aromatic nitrogens is 2. The fourth-order valence-electron chi connectivity index (χ4n) is 2.49. The van der Waals surface area contributed by atoms with Gasteiger partial charge in [0.2, 0.25) is 0 Å². The lowest BCUT2D eigenvalue weighted by Gasteiger charge is -2.14. The van der Waals surface area contributed by atoms with E-state index in [0.29, 0.717) is 5.39 Å². The van der Waals surface area contributed by atoms with Crippen LogP contribution < -0.4 is 4.74 Å². The lowest BCUT2D eigenvalue weighted by atomic mass is 10.2. The fraction of sp³-hybridized carbons (Fsp3) is 0.278. The molecule has 3 aromatic rings. The van der Waals surface area contributed by atoms with Crippen LogP contribution >= 0.6 is 0 Å². The summed E-state index contributed by atoms with van der Waals surface area (Å²) in [5.41, 5.74) is 1.11. The maximum Gasteiger partial charge on any atom is 0.283 e. The maximum atomic E-state index is 14.2. The first-order valence-corrected chi connectivity index (χ1v) is 9.57. The molecule has 27 heavy (non-hydrogen) atoms. The van der Waals surface area contributed by atoms with Crippen LogP contribution in [0.15, 0.2) is 47.5 Å². The Morgan fingerprint density at radius 1 is 1.26 bits per heavy atom. The summed E-state index contributed by atoms with van der Waals surface area (Å²) in [6.45, 7) is 1.47. The van der Waals surface area contributed by atoms with Crippen molar-refractivity contribution in [2.75, 3.05) is 20.3 Å². The van der Waals surface area contributed by atoms with Gasteiger partial charge in [-0.15, -0.1) is 0 Å². The largest absolute Gasteiger partial charge is 0.488 e. The van der Waals surface area contributed by atoms with Crippen LogP contribution in [-0.2, 0) is 14.8 Å². The average Bonchev–Trinajstić information content (AvgIpc) is 3.06. The molecule has 0 saturated heterocycles. The Balaban J connectivity index is 2.02. The number of methoxy groups -OCH3 is 1. The van der Waals surface area contributed by atoms with Crippen molar-refractivity contribution >= 4 is 20.9 Å². The summed E-state index contributed by atoms with van der Waals surface area (Å²) in [6, 6.07) is 8.78. The Kier molecular flexibility index (Phi) is 5.45. The zero-order valence-corrected chi connectivity index (χ0v) is 15.6. The smallest absolute Gasteiger partial charge is 0.283 e. The van der Waals surface area contributed by atoms with Gasteiger partial charge >= 0.3 is 0 Å². The molecule has 0 amide bonds. The number of aliphatic hydroxyl groups is 1. The van der Waals surface area contributed by atoms with Gasteiger partial charge in [-0.25, -0.2) is 4.39 Å². The third-order valence-electron chi connectivity index (χ3n) is 4.10. The van der Waals surface area contributed by atoms with Crippen LogP contribution in [0.3, 0.4) is 0 Å². The first-order chi connectivity index (χ1) is 12.9. The normalized spacial score (nSPS) is 13.0. The van der Waals surface area contributed by atoms with E-state index in [1.807, 2.05) is 6.92 Å². The number of ether oxygens (including phenoxy) is 2. The summed E-state index contributed by atoms with van der Waals surface area (Å²) >= 11 is 0. The highest BCUT2D eigenvalue weighted by Crippen LogP contribution is 2.27. The first-order valence-electron chi connectivity index (χ1n) is 8.13. The van der Waals surface area contributed by atoms with E-state index in [0.717, 1.165) is 15.7 Å². The molecule has 0 fully saturated rings. The van der Waals surface area contributed by atoms with E-state index < -0.39 is 21.9 Å². The van der Waals surface area contributed by atoms with Crippen molar-refractivity contribution in [2.45, 2.75) is 17.9 Å². The number of rotatable bonds is 7. The molecular weight excluding hydrogens is 375 g/mol. The molecule has 7 nitrogen and oxygen atoms in total. The first kappa shape index (κ1) is 19.3. The topological polar surface area (TPSA) is 90.7 Å². The molecular formula is C18H19FN2O5S. The monoisotopic (exact) mass is 394 g/mol. The van der Waals surface area contributed by atoms with E-state index in [4.69, 9.17) is 14.6 Å². The summed E-state index contributed by atoms with van der Waals surface area (Å²) in [4.78, 5) is 0.0737. The highest BCUT2D eigenvalue weighted by Gasteiger charge is 2.22. The third kappa shape index (κ3) is 3.80. The number of aryl methyl sites for hydroxylation is 1. The molecule has 1 heterocycles. The lowest BCUT2D eigenvalue weighted by Crippen LogP contribution is -2.24. The lowest BCUT2D eigenvalue weighted by molar-refractivity contribution is 0.0155. The maximum absolute atomic E-state index is 14.2. The zero-order valence-electron chi connectivity index (χ0n) is 14.8.